The third-order valence-corrected chi connectivity index (χ3v) is 2.50. The normalized spacial score (nSPS) is 9.88. The SMILES string of the molecule is C=Cc1ccc(C(=O)O)c(-c2ccncc2)c1. The summed E-state index contributed by atoms with van der Waals surface area (Å²) >= 11 is 0. The molecular formula is C14H11NO2. The molecule has 0 aliphatic heterocycles. The molecule has 2 rings (SSSR count). The maximum Gasteiger partial charge on any atom is 0.336 e. The molecule has 17 heavy (non-hydrogen) atoms. The molecule has 0 unspecified atom stereocenters. The zero-order valence-corrected chi connectivity index (χ0v) is 9.13. The van der Waals surface area contributed by atoms with Gasteiger partial charge in [-0.15, -0.1) is 0 Å². The van der Waals surface area contributed by atoms with Crippen LogP contribution in [0.25, 0.3) is 17.2 Å². The summed E-state index contributed by atoms with van der Waals surface area (Å²) in [5.41, 5.74) is 2.68. The summed E-state index contributed by atoms with van der Waals surface area (Å²) in [7, 11) is 0. The fourth-order valence-electron chi connectivity index (χ4n) is 1.65. The average Bonchev–Trinajstić information content (AvgIpc) is 2.39. The van der Waals surface area contributed by atoms with Crippen molar-refractivity contribution in [3.63, 3.8) is 0 Å². The maximum absolute atomic E-state index is 11.2. The molecule has 0 aliphatic rings. The third-order valence-electron chi connectivity index (χ3n) is 2.50. The van der Waals surface area contributed by atoms with Gasteiger partial charge in [0, 0.05) is 12.4 Å². The predicted molar refractivity (Wildman–Crippen MR) is 66.7 cm³/mol. The van der Waals surface area contributed by atoms with E-state index in [2.05, 4.69) is 11.6 Å². The molecule has 0 radical (unpaired) electrons. The number of hydrogen-bond donors (Lipinski definition) is 1. The van der Waals surface area contributed by atoms with E-state index in [0.717, 1.165) is 11.1 Å². The molecule has 2 aromatic rings. The smallest absolute Gasteiger partial charge is 0.336 e. The summed E-state index contributed by atoms with van der Waals surface area (Å²) in [5, 5.41) is 9.15. The minimum absolute atomic E-state index is 0.279. The van der Waals surface area contributed by atoms with Gasteiger partial charge in [-0.3, -0.25) is 4.98 Å². The molecule has 0 fully saturated rings. The Labute approximate surface area is 99.1 Å². The first-order valence-electron chi connectivity index (χ1n) is 5.12. The van der Waals surface area contributed by atoms with Crippen LogP contribution in [0.4, 0.5) is 0 Å². The Morgan fingerprint density at radius 1 is 1.24 bits per heavy atom. The number of carbonyl (C=O) groups is 1. The summed E-state index contributed by atoms with van der Waals surface area (Å²) in [6.45, 7) is 3.68. The molecule has 0 amide bonds. The minimum Gasteiger partial charge on any atom is -0.478 e. The van der Waals surface area contributed by atoms with E-state index < -0.39 is 5.97 Å². The number of pyridine rings is 1. The summed E-state index contributed by atoms with van der Waals surface area (Å²) in [5.74, 6) is -0.938. The van der Waals surface area contributed by atoms with Crippen molar-refractivity contribution in [3.8, 4) is 11.1 Å². The highest BCUT2D eigenvalue weighted by molar-refractivity contribution is 5.96. The zero-order chi connectivity index (χ0) is 12.3. The van der Waals surface area contributed by atoms with Crippen LogP contribution in [-0.2, 0) is 0 Å². The molecule has 0 saturated heterocycles. The lowest BCUT2D eigenvalue weighted by Gasteiger charge is -2.07. The van der Waals surface area contributed by atoms with Gasteiger partial charge in [0.15, 0.2) is 0 Å². The lowest BCUT2D eigenvalue weighted by molar-refractivity contribution is 0.0698. The molecule has 3 nitrogen and oxygen atoms in total. The van der Waals surface area contributed by atoms with Crippen molar-refractivity contribution >= 4 is 12.0 Å². The maximum atomic E-state index is 11.2. The summed E-state index contributed by atoms with van der Waals surface area (Å²) in [6, 6.07) is 8.71. The van der Waals surface area contributed by atoms with Gasteiger partial charge < -0.3 is 5.11 Å². The van der Waals surface area contributed by atoms with E-state index in [1.54, 1.807) is 42.7 Å². The number of rotatable bonds is 3. The van der Waals surface area contributed by atoms with Crippen LogP contribution in [0, 0.1) is 0 Å². The topological polar surface area (TPSA) is 50.2 Å². The molecule has 1 heterocycles. The van der Waals surface area contributed by atoms with Gasteiger partial charge >= 0.3 is 5.97 Å². The number of nitrogens with zero attached hydrogens (tertiary/aromatic N) is 1. The van der Waals surface area contributed by atoms with E-state index in [0.29, 0.717) is 5.56 Å². The van der Waals surface area contributed by atoms with Gasteiger partial charge in [0.25, 0.3) is 0 Å². The van der Waals surface area contributed by atoms with E-state index in [4.69, 9.17) is 5.11 Å². The molecule has 1 aromatic heterocycles. The Morgan fingerprint density at radius 3 is 2.53 bits per heavy atom. The highest BCUT2D eigenvalue weighted by Gasteiger charge is 2.11. The largest absolute Gasteiger partial charge is 0.478 e. The number of aromatic nitrogens is 1. The first-order chi connectivity index (χ1) is 8.22. The first-order valence-corrected chi connectivity index (χ1v) is 5.12. The van der Waals surface area contributed by atoms with Crippen molar-refractivity contribution < 1.29 is 9.90 Å². The molecule has 0 bridgehead atoms. The van der Waals surface area contributed by atoms with E-state index in [1.807, 2.05) is 6.07 Å². The average molecular weight is 225 g/mol. The van der Waals surface area contributed by atoms with E-state index in [-0.39, 0.29) is 5.56 Å². The Bertz CT molecular complexity index is 562. The van der Waals surface area contributed by atoms with E-state index in [9.17, 15) is 4.79 Å². The molecule has 0 aliphatic carbocycles. The van der Waals surface area contributed by atoms with Gasteiger partial charge in [0.05, 0.1) is 5.56 Å². The van der Waals surface area contributed by atoms with Crippen LogP contribution in [0.2, 0.25) is 0 Å². The zero-order valence-electron chi connectivity index (χ0n) is 9.13. The van der Waals surface area contributed by atoms with Gasteiger partial charge in [-0.2, -0.15) is 0 Å². The van der Waals surface area contributed by atoms with Gasteiger partial charge in [-0.1, -0.05) is 18.7 Å². The molecule has 3 heteroatoms. The van der Waals surface area contributed by atoms with Crippen molar-refractivity contribution in [1.29, 1.82) is 0 Å². The Hall–Kier alpha value is -2.42. The minimum atomic E-state index is -0.938. The lowest BCUT2D eigenvalue weighted by atomic mass is 9.98. The van der Waals surface area contributed by atoms with Crippen molar-refractivity contribution in [2.24, 2.45) is 0 Å². The van der Waals surface area contributed by atoms with Gasteiger partial charge in [-0.25, -0.2) is 4.79 Å². The van der Waals surface area contributed by atoms with Crippen LogP contribution in [0.3, 0.4) is 0 Å². The predicted octanol–water partition coefficient (Wildman–Crippen LogP) is 3.09. The Balaban J connectivity index is 2.65. The number of carboxylic acid groups (broad SMARTS) is 1. The second-order valence-corrected chi connectivity index (χ2v) is 3.55. The standard InChI is InChI=1S/C14H11NO2/c1-2-10-3-4-12(14(16)17)13(9-10)11-5-7-15-8-6-11/h2-9H,1H2,(H,16,17). The van der Waals surface area contributed by atoms with Gasteiger partial charge in [0.1, 0.15) is 0 Å². The van der Waals surface area contributed by atoms with Crippen LogP contribution in [0.15, 0.2) is 49.3 Å². The highest BCUT2D eigenvalue weighted by atomic mass is 16.4. The quantitative estimate of drug-likeness (QED) is 0.873. The second kappa shape index (κ2) is 4.61. The number of benzene rings is 1. The molecule has 0 spiro atoms. The van der Waals surface area contributed by atoms with E-state index >= 15 is 0 Å². The molecule has 0 saturated carbocycles. The van der Waals surface area contributed by atoms with E-state index in [1.165, 1.54) is 0 Å². The number of hydrogen-bond acceptors (Lipinski definition) is 2. The molecule has 1 aromatic carbocycles. The van der Waals surface area contributed by atoms with Gasteiger partial charge in [0.2, 0.25) is 0 Å². The number of carboxylic acids is 1. The van der Waals surface area contributed by atoms with Crippen LogP contribution >= 0.6 is 0 Å². The highest BCUT2D eigenvalue weighted by Crippen LogP contribution is 2.25. The van der Waals surface area contributed by atoms with Crippen molar-refractivity contribution in [2.45, 2.75) is 0 Å². The Morgan fingerprint density at radius 2 is 1.94 bits per heavy atom. The summed E-state index contributed by atoms with van der Waals surface area (Å²) < 4.78 is 0. The molecule has 84 valence electrons. The fourth-order valence-corrected chi connectivity index (χ4v) is 1.65. The number of aromatic carboxylic acids is 1. The lowest BCUT2D eigenvalue weighted by Crippen LogP contribution is -1.99. The molecule has 0 atom stereocenters. The van der Waals surface area contributed by atoms with Crippen molar-refractivity contribution in [1.82, 2.24) is 4.98 Å². The Kier molecular flexibility index (Phi) is 3.01. The molecular weight excluding hydrogens is 214 g/mol. The van der Waals surface area contributed by atoms with Crippen LogP contribution < -0.4 is 0 Å². The van der Waals surface area contributed by atoms with Crippen molar-refractivity contribution in [3.05, 3.63) is 60.4 Å². The second-order valence-electron chi connectivity index (χ2n) is 3.55. The van der Waals surface area contributed by atoms with Crippen LogP contribution in [-0.4, -0.2) is 16.1 Å². The van der Waals surface area contributed by atoms with Gasteiger partial charge in [-0.05, 0) is 41.0 Å². The summed E-state index contributed by atoms with van der Waals surface area (Å²) in [4.78, 5) is 15.1. The van der Waals surface area contributed by atoms with Crippen LogP contribution in [0.5, 0.6) is 0 Å². The van der Waals surface area contributed by atoms with Crippen molar-refractivity contribution in [2.75, 3.05) is 0 Å². The molecule has 1 N–H and O–H groups in total. The van der Waals surface area contributed by atoms with Crippen LogP contribution in [0.1, 0.15) is 15.9 Å². The first kappa shape index (κ1) is 11.1. The summed E-state index contributed by atoms with van der Waals surface area (Å²) in [6.07, 6.45) is 4.97. The third kappa shape index (κ3) is 2.23. The fraction of sp³-hybridized carbons (Fsp3) is 0. The monoisotopic (exact) mass is 225 g/mol.